The number of hydrogen-bond donors (Lipinski definition) is 0. The van der Waals surface area contributed by atoms with Crippen molar-refractivity contribution in [1.82, 2.24) is 9.88 Å². The van der Waals surface area contributed by atoms with Gasteiger partial charge in [0.05, 0.1) is 6.04 Å². The van der Waals surface area contributed by atoms with Crippen LogP contribution < -0.4 is 0 Å². The van der Waals surface area contributed by atoms with Crippen molar-refractivity contribution in [1.29, 1.82) is 5.26 Å². The number of thiazole rings is 1. The fourth-order valence-corrected chi connectivity index (χ4v) is 3.77. The molecule has 0 radical (unpaired) electrons. The second-order valence-electron chi connectivity index (χ2n) is 5.79. The molecule has 1 amide bonds. The number of benzene rings is 1. The first kappa shape index (κ1) is 16.4. The number of fused-ring (bicyclic) bond motifs is 1. The zero-order valence-corrected chi connectivity index (χ0v) is 14.4. The Morgan fingerprint density at radius 1 is 1.50 bits per heavy atom. The lowest BCUT2D eigenvalue weighted by Crippen LogP contribution is -2.40. The molecule has 1 atom stereocenters. The maximum atomic E-state index is 13.0. The van der Waals surface area contributed by atoms with E-state index in [4.69, 9.17) is 0 Å². The Balaban J connectivity index is 1.92. The minimum atomic E-state index is -0.194. The Bertz CT molecular complexity index is 789. The lowest BCUT2D eigenvalue weighted by molar-refractivity contribution is -0.129. The van der Waals surface area contributed by atoms with Gasteiger partial charge < -0.3 is 4.90 Å². The lowest BCUT2D eigenvalue weighted by atomic mass is 9.89. The van der Waals surface area contributed by atoms with Gasteiger partial charge in [0.2, 0.25) is 0 Å². The van der Waals surface area contributed by atoms with E-state index in [-0.39, 0.29) is 17.5 Å². The molecular weight excluding hydrogens is 318 g/mol. The van der Waals surface area contributed by atoms with Crippen LogP contribution in [0.4, 0.5) is 0 Å². The SMILES string of the molecule is CCCC1c2ccccc2CCN1C(=O)/C(C#N)=C/c1nccs1. The van der Waals surface area contributed by atoms with Gasteiger partial charge in [-0.15, -0.1) is 11.3 Å². The van der Waals surface area contributed by atoms with Crippen molar-refractivity contribution < 1.29 is 4.79 Å². The quantitative estimate of drug-likeness (QED) is 0.626. The van der Waals surface area contributed by atoms with Crippen molar-refractivity contribution in [3.8, 4) is 6.07 Å². The predicted molar refractivity (Wildman–Crippen MR) is 95.2 cm³/mol. The summed E-state index contributed by atoms with van der Waals surface area (Å²) in [4.78, 5) is 19.0. The molecule has 0 bridgehead atoms. The molecule has 2 aromatic rings. The van der Waals surface area contributed by atoms with Gasteiger partial charge in [-0.1, -0.05) is 37.6 Å². The molecular formula is C19H19N3OS. The maximum absolute atomic E-state index is 13.0. The first-order chi connectivity index (χ1) is 11.7. The summed E-state index contributed by atoms with van der Waals surface area (Å²) in [6.45, 7) is 2.77. The van der Waals surface area contributed by atoms with Gasteiger partial charge in [0.1, 0.15) is 16.6 Å². The molecule has 1 aromatic heterocycles. The molecule has 0 aliphatic carbocycles. The predicted octanol–water partition coefficient (Wildman–Crippen LogP) is 3.98. The third-order valence-corrected chi connectivity index (χ3v) is 5.03. The van der Waals surface area contributed by atoms with Crippen molar-refractivity contribution in [2.24, 2.45) is 0 Å². The molecule has 1 aliphatic heterocycles. The Kier molecular flexibility index (Phi) is 5.07. The van der Waals surface area contributed by atoms with E-state index < -0.39 is 0 Å². The van der Waals surface area contributed by atoms with Crippen molar-refractivity contribution >= 4 is 23.3 Å². The summed E-state index contributed by atoms with van der Waals surface area (Å²) < 4.78 is 0. The van der Waals surface area contributed by atoms with Gasteiger partial charge in [0.25, 0.3) is 5.91 Å². The van der Waals surface area contributed by atoms with Gasteiger partial charge in [0.15, 0.2) is 0 Å². The normalized spacial score (nSPS) is 17.2. The number of amides is 1. The largest absolute Gasteiger partial charge is 0.331 e. The molecule has 0 fully saturated rings. The van der Waals surface area contributed by atoms with Gasteiger partial charge in [0, 0.05) is 18.1 Å². The monoisotopic (exact) mass is 337 g/mol. The van der Waals surface area contributed by atoms with Crippen molar-refractivity contribution in [3.63, 3.8) is 0 Å². The molecule has 1 unspecified atom stereocenters. The molecule has 1 aliphatic rings. The topological polar surface area (TPSA) is 57.0 Å². The average Bonchev–Trinajstić information content (AvgIpc) is 3.13. The van der Waals surface area contributed by atoms with E-state index in [2.05, 4.69) is 30.1 Å². The molecule has 0 spiro atoms. The number of hydrogen-bond acceptors (Lipinski definition) is 4. The van der Waals surface area contributed by atoms with Crippen LogP contribution in [0.1, 0.15) is 41.9 Å². The van der Waals surface area contributed by atoms with Crippen LogP contribution in [0.2, 0.25) is 0 Å². The summed E-state index contributed by atoms with van der Waals surface area (Å²) in [7, 11) is 0. The molecule has 3 rings (SSSR count). The van der Waals surface area contributed by atoms with Crippen molar-refractivity contribution in [2.75, 3.05) is 6.54 Å². The fourth-order valence-electron chi connectivity index (χ4n) is 3.21. The molecule has 1 aromatic carbocycles. The van der Waals surface area contributed by atoms with E-state index in [9.17, 15) is 10.1 Å². The summed E-state index contributed by atoms with van der Waals surface area (Å²) >= 11 is 1.42. The molecule has 0 saturated carbocycles. The van der Waals surface area contributed by atoms with E-state index >= 15 is 0 Å². The average molecular weight is 337 g/mol. The van der Waals surface area contributed by atoms with Crippen LogP contribution in [0, 0.1) is 11.3 Å². The fraction of sp³-hybridized carbons (Fsp3) is 0.316. The first-order valence-corrected chi connectivity index (χ1v) is 9.02. The van der Waals surface area contributed by atoms with Gasteiger partial charge in [-0.25, -0.2) is 4.98 Å². The highest BCUT2D eigenvalue weighted by Gasteiger charge is 2.31. The summed E-state index contributed by atoms with van der Waals surface area (Å²) in [6.07, 6.45) is 5.99. The minimum Gasteiger partial charge on any atom is -0.331 e. The van der Waals surface area contributed by atoms with E-state index in [1.165, 1.54) is 22.5 Å². The highest BCUT2D eigenvalue weighted by molar-refractivity contribution is 7.10. The van der Waals surface area contributed by atoms with Crippen LogP contribution in [0.25, 0.3) is 6.08 Å². The van der Waals surface area contributed by atoms with Gasteiger partial charge >= 0.3 is 0 Å². The van der Waals surface area contributed by atoms with Crippen LogP contribution in [0.3, 0.4) is 0 Å². The van der Waals surface area contributed by atoms with Gasteiger partial charge in [-0.2, -0.15) is 5.26 Å². The van der Waals surface area contributed by atoms with Crippen molar-refractivity contribution in [2.45, 2.75) is 32.2 Å². The molecule has 2 heterocycles. The van der Waals surface area contributed by atoms with Crippen molar-refractivity contribution in [3.05, 3.63) is 57.6 Å². The summed E-state index contributed by atoms with van der Waals surface area (Å²) in [5.74, 6) is -0.194. The van der Waals surface area contributed by atoms with E-state index in [0.717, 1.165) is 19.3 Å². The maximum Gasteiger partial charge on any atom is 0.265 e. The van der Waals surface area contributed by atoms with Crippen LogP contribution in [0.15, 0.2) is 41.4 Å². The number of rotatable bonds is 4. The molecule has 122 valence electrons. The lowest BCUT2D eigenvalue weighted by Gasteiger charge is -2.37. The van der Waals surface area contributed by atoms with Gasteiger partial charge in [-0.05, 0) is 30.0 Å². The third kappa shape index (κ3) is 3.24. The van der Waals surface area contributed by atoms with Crippen LogP contribution in [-0.4, -0.2) is 22.3 Å². The minimum absolute atomic E-state index is 0.0421. The first-order valence-electron chi connectivity index (χ1n) is 8.14. The molecule has 0 N–H and O–H groups in total. The van der Waals surface area contributed by atoms with Crippen LogP contribution >= 0.6 is 11.3 Å². The Morgan fingerprint density at radius 3 is 3.04 bits per heavy atom. The molecule has 4 nitrogen and oxygen atoms in total. The van der Waals surface area contributed by atoms with Gasteiger partial charge in [-0.3, -0.25) is 4.79 Å². The number of carbonyl (C=O) groups is 1. The summed E-state index contributed by atoms with van der Waals surface area (Å²) in [5.41, 5.74) is 2.68. The van der Waals surface area contributed by atoms with Crippen LogP contribution in [-0.2, 0) is 11.2 Å². The zero-order chi connectivity index (χ0) is 16.9. The molecule has 24 heavy (non-hydrogen) atoms. The highest BCUT2D eigenvalue weighted by atomic mass is 32.1. The molecule has 5 heteroatoms. The number of aromatic nitrogens is 1. The Morgan fingerprint density at radius 2 is 2.33 bits per heavy atom. The number of nitriles is 1. The van der Waals surface area contributed by atoms with E-state index in [0.29, 0.717) is 11.6 Å². The zero-order valence-electron chi connectivity index (χ0n) is 13.6. The summed E-state index contributed by atoms with van der Waals surface area (Å²) in [5, 5.41) is 12.0. The second kappa shape index (κ2) is 7.41. The number of nitrogens with zero attached hydrogens (tertiary/aromatic N) is 3. The summed E-state index contributed by atoms with van der Waals surface area (Å²) in [6, 6.07) is 10.4. The Labute approximate surface area is 146 Å². The smallest absolute Gasteiger partial charge is 0.265 e. The van der Waals surface area contributed by atoms with Crippen LogP contribution in [0.5, 0.6) is 0 Å². The third-order valence-electron chi connectivity index (χ3n) is 4.31. The second-order valence-corrected chi connectivity index (χ2v) is 6.72. The highest BCUT2D eigenvalue weighted by Crippen LogP contribution is 2.34. The number of carbonyl (C=O) groups excluding carboxylic acids is 1. The molecule has 0 saturated heterocycles. The van der Waals surface area contributed by atoms with E-state index in [1.54, 1.807) is 12.3 Å². The standard InChI is InChI=1S/C19H19N3OS/c1-2-5-17-16-7-4-3-6-14(16)8-10-22(17)19(23)15(13-20)12-18-21-9-11-24-18/h3-4,6-7,9,11-12,17H,2,5,8,10H2,1H3/b15-12+. The Hall–Kier alpha value is -2.45. The van der Waals surface area contributed by atoms with E-state index in [1.807, 2.05) is 22.4 Å².